The molecule has 0 heterocycles. The largest absolute Gasteiger partial charge is 0.481 e. The highest BCUT2D eigenvalue weighted by atomic mass is 16.4. The van der Waals surface area contributed by atoms with Crippen LogP contribution in [0.15, 0.2) is 0 Å². The molecule has 1 aliphatic carbocycles. The molecule has 3 heteroatoms. The number of aliphatic carboxylic acids is 1. The topological polar surface area (TPSA) is 40.5 Å². The van der Waals surface area contributed by atoms with Crippen LogP contribution >= 0.6 is 0 Å². The predicted molar refractivity (Wildman–Crippen MR) is 70.1 cm³/mol. The Morgan fingerprint density at radius 1 is 1.35 bits per heavy atom. The molecule has 0 radical (unpaired) electrons. The van der Waals surface area contributed by atoms with Crippen molar-refractivity contribution in [2.45, 2.75) is 58.9 Å². The summed E-state index contributed by atoms with van der Waals surface area (Å²) in [6.45, 7) is 10.7. The molecule has 0 bridgehead atoms. The number of carbonyl (C=O) groups is 1. The van der Waals surface area contributed by atoms with Gasteiger partial charge in [0.2, 0.25) is 0 Å². The second-order valence-electron chi connectivity index (χ2n) is 5.50. The Morgan fingerprint density at radius 2 is 1.94 bits per heavy atom. The molecule has 3 unspecified atom stereocenters. The van der Waals surface area contributed by atoms with E-state index < -0.39 is 5.97 Å². The molecule has 0 aliphatic heterocycles. The van der Waals surface area contributed by atoms with E-state index in [0.717, 1.165) is 25.9 Å². The van der Waals surface area contributed by atoms with Crippen molar-refractivity contribution in [3.05, 3.63) is 0 Å². The quantitative estimate of drug-likeness (QED) is 0.804. The van der Waals surface area contributed by atoms with Gasteiger partial charge >= 0.3 is 5.97 Å². The second-order valence-corrected chi connectivity index (χ2v) is 5.50. The maximum Gasteiger partial charge on any atom is 0.305 e. The molecule has 0 saturated heterocycles. The number of nitrogens with zero attached hydrogens (tertiary/aromatic N) is 1. The van der Waals surface area contributed by atoms with Crippen LogP contribution in [-0.2, 0) is 4.79 Å². The lowest BCUT2D eigenvalue weighted by Gasteiger charge is -2.51. The Balaban J connectivity index is 3.02. The highest BCUT2D eigenvalue weighted by Gasteiger charge is 2.46. The first-order chi connectivity index (χ1) is 7.97. The Kier molecular flexibility index (Phi) is 4.99. The minimum Gasteiger partial charge on any atom is -0.481 e. The second kappa shape index (κ2) is 5.85. The van der Waals surface area contributed by atoms with Crippen molar-refractivity contribution in [3.63, 3.8) is 0 Å². The number of carboxylic acid groups (broad SMARTS) is 1. The summed E-state index contributed by atoms with van der Waals surface area (Å²) in [6.07, 6.45) is 3.73. The van der Waals surface area contributed by atoms with Crippen LogP contribution in [0.1, 0.15) is 53.4 Å². The van der Waals surface area contributed by atoms with Crippen molar-refractivity contribution in [2.24, 2.45) is 11.8 Å². The highest BCUT2D eigenvalue weighted by molar-refractivity contribution is 5.68. The van der Waals surface area contributed by atoms with E-state index in [9.17, 15) is 9.90 Å². The van der Waals surface area contributed by atoms with E-state index in [-0.39, 0.29) is 5.54 Å². The molecule has 3 atom stereocenters. The first-order valence-electron chi connectivity index (χ1n) is 6.94. The van der Waals surface area contributed by atoms with Crippen molar-refractivity contribution in [1.29, 1.82) is 0 Å². The predicted octanol–water partition coefficient (Wildman–Crippen LogP) is 3.00. The van der Waals surface area contributed by atoms with Gasteiger partial charge in [-0.3, -0.25) is 9.69 Å². The summed E-state index contributed by atoms with van der Waals surface area (Å²) in [6, 6.07) is 0. The van der Waals surface area contributed by atoms with E-state index in [4.69, 9.17) is 0 Å². The summed E-state index contributed by atoms with van der Waals surface area (Å²) in [4.78, 5) is 13.6. The van der Waals surface area contributed by atoms with Gasteiger partial charge in [-0.2, -0.15) is 0 Å². The van der Waals surface area contributed by atoms with E-state index in [1.807, 2.05) is 0 Å². The highest BCUT2D eigenvalue weighted by Crippen LogP contribution is 2.43. The van der Waals surface area contributed by atoms with Crippen molar-refractivity contribution in [2.75, 3.05) is 13.1 Å². The van der Waals surface area contributed by atoms with Crippen LogP contribution in [0.4, 0.5) is 0 Å². The third kappa shape index (κ3) is 2.82. The van der Waals surface area contributed by atoms with Gasteiger partial charge in [-0.25, -0.2) is 0 Å². The summed E-state index contributed by atoms with van der Waals surface area (Å²) in [5, 5.41) is 9.25. The van der Waals surface area contributed by atoms with Gasteiger partial charge in [-0.05, 0) is 31.3 Å². The lowest BCUT2D eigenvalue weighted by atomic mass is 9.66. The molecule has 1 fully saturated rings. The van der Waals surface area contributed by atoms with Crippen LogP contribution in [0.25, 0.3) is 0 Å². The van der Waals surface area contributed by atoms with Crippen LogP contribution < -0.4 is 0 Å². The fourth-order valence-corrected chi connectivity index (χ4v) is 3.66. The molecule has 1 aliphatic rings. The molecule has 0 aromatic carbocycles. The number of rotatable bonds is 5. The van der Waals surface area contributed by atoms with Crippen LogP contribution in [-0.4, -0.2) is 34.6 Å². The molecule has 0 spiro atoms. The van der Waals surface area contributed by atoms with E-state index in [0.29, 0.717) is 18.3 Å². The van der Waals surface area contributed by atoms with Gasteiger partial charge in [-0.15, -0.1) is 0 Å². The molecule has 1 rings (SSSR count). The van der Waals surface area contributed by atoms with Crippen LogP contribution in [0.5, 0.6) is 0 Å². The van der Waals surface area contributed by atoms with Crippen molar-refractivity contribution < 1.29 is 9.90 Å². The van der Waals surface area contributed by atoms with Gasteiger partial charge in [0, 0.05) is 5.54 Å². The first kappa shape index (κ1) is 14.5. The summed E-state index contributed by atoms with van der Waals surface area (Å²) in [5.74, 6) is 0.439. The molecule has 1 saturated carbocycles. The lowest BCUT2D eigenvalue weighted by molar-refractivity contribution is -0.143. The SMILES string of the molecule is CCN(CC)C1(CC(=O)O)CCCC(C)C1C. The van der Waals surface area contributed by atoms with Gasteiger partial charge in [-0.1, -0.05) is 40.5 Å². The fourth-order valence-electron chi connectivity index (χ4n) is 3.66. The fraction of sp³-hybridized carbons (Fsp3) is 0.929. The molecule has 1 N–H and O–H groups in total. The van der Waals surface area contributed by atoms with Gasteiger partial charge in [0.25, 0.3) is 0 Å². The smallest absolute Gasteiger partial charge is 0.305 e. The maximum atomic E-state index is 11.2. The molecular formula is C14H27NO2. The van der Waals surface area contributed by atoms with E-state index in [1.165, 1.54) is 6.42 Å². The first-order valence-corrected chi connectivity index (χ1v) is 6.94. The maximum absolute atomic E-state index is 11.2. The number of carboxylic acids is 1. The zero-order chi connectivity index (χ0) is 13.1. The van der Waals surface area contributed by atoms with Crippen molar-refractivity contribution >= 4 is 5.97 Å². The molecule has 0 aromatic heterocycles. The average molecular weight is 241 g/mol. The molecule has 3 nitrogen and oxygen atoms in total. The van der Waals surface area contributed by atoms with E-state index >= 15 is 0 Å². The third-order valence-electron chi connectivity index (χ3n) is 4.82. The standard InChI is InChI=1S/C14H27NO2/c1-5-15(6-2)14(10-13(16)17)9-7-8-11(3)12(14)4/h11-12H,5-10H2,1-4H3,(H,16,17). The number of hydrogen-bond donors (Lipinski definition) is 1. The summed E-state index contributed by atoms with van der Waals surface area (Å²) in [7, 11) is 0. The monoisotopic (exact) mass is 241 g/mol. The Hall–Kier alpha value is -0.570. The molecule has 0 aromatic rings. The summed E-state index contributed by atoms with van der Waals surface area (Å²) in [5.41, 5.74) is -0.118. The lowest BCUT2D eigenvalue weighted by Crippen LogP contribution is -2.57. The van der Waals surface area contributed by atoms with Gasteiger partial charge in [0.15, 0.2) is 0 Å². The molecule has 17 heavy (non-hydrogen) atoms. The van der Waals surface area contributed by atoms with Crippen LogP contribution in [0.2, 0.25) is 0 Å². The minimum atomic E-state index is -0.655. The molecular weight excluding hydrogens is 214 g/mol. The zero-order valence-corrected chi connectivity index (χ0v) is 11.7. The van der Waals surface area contributed by atoms with E-state index in [1.54, 1.807) is 0 Å². The Labute approximate surface area is 105 Å². The number of hydrogen-bond acceptors (Lipinski definition) is 2. The Bertz CT molecular complexity index is 259. The van der Waals surface area contributed by atoms with E-state index in [2.05, 4.69) is 32.6 Å². The summed E-state index contributed by atoms with van der Waals surface area (Å²) >= 11 is 0. The third-order valence-corrected chi connectivity index (χ3v) is 4.82. The van der Waals surface area contributed by atoms with Gasteiger partial charge in [0.05, 0.1) is 6.42 Å². The van der Waals surface area contributed by atoms with Crippen LogP contribution in [0.3, 0.4) is 0 Å². The van der Waals surface area contributed by atoms with Gasteiger partial charge in [0.1, 0.15) is 0 Å². The van der Waals surface area contributed by atoms with Crippen LogP contribution in [0, 0.1) is 11.8 Å². The zero-order valence-electron chi connectivity index (χ0n) is 11.7. The molecule has 0 amide bonds. The molecule has 100 valence electrons. The average Bonchev–Trinajstić information content (AvgIpc) is 2.26. The van der Waals surface area contributed by atoms with Gasteiger partial charge < -0.3 is 5.11 Å². The Morgan fingerprint density at radius 3 is 2.41 bits per heavy atom. The summed E-state index contributed by atoms with van der Waals surface area (Å²) < 4.78 is 0. The normalized spacial score (nSPS) is 33.9. The minimum absolute atomic E-state index is 0.118. The van der Waals surface area contributed by atoms with Crippen molar-refractivity contribution in [3.8, 4) is 0 Å². The van der Waals surface area contributed by atoms with Crippen molar-refractivity contribution in [1.82, 2.24) is 4.90 Å².